The molecule has 4 nitrogen and oxygen atoms in total. The van der Waals surface area contributed by atoms with E-state index in [1.54, 1.807) is 7.11 Å². The number of methoxy groups -OCH3 is 1. The average Bonchev–Trinajstić information content (AvgIpc) is 2.32. The Hall–Kier alpha value is -1.26. The molecule has 0 spiro atoms. The lowest BCUT2D eigenvalue weighted by Crippen LogP contribution is -2.50. The second kappa shape index (κ2) is 5.89. The van der Waals surface area contributed by atoms with Crippen molar-refractivity contribution >= 4 is 0 Å². The van der Waals surface area contributed by atoms with Crippen LogP contribution in [0.2, 0.25) is 0 Å². The van der Waals surface area contributed by atoms with E-state index in [1.807, 2.05) is 24.3 Å². The van der Waals surface area contributed by atoms with Gasteiger partial charge in [0.1, 0.15) is 6.61 Å². The van der Waals surface area contributed by atoms with Gasteiger partial charge >= 0.3 is 0 Å². The van der Waals surface area contributed by atoms with Gasteiger partial charge in [-0.15, -0.1) is 0 Å². The number of nitrogens with two attached hydrogens (primary N) is 1. The van der Waals surface area contributed by atoms with Gasteiger partial charge in [-0.1, -0.05) is 12.1 Å². The first-order valence-electron chi connectivity index (χ1n) is 6.01. The van der Waals surface area contributed by atoms with E-state index in [9.17, 15) is 0 Å². The molecule has 2 rings (SSSR count). The van der Waals surface area contributed by atoms with E-state index >= 15 is 0 Å². The first kappa shape index (κ1) is 12.2. The summed E-state index contributed by atoms with van der Waals surface area (Å²) < 4.78 is 10.9. The standard InChI is InChI=1S/C13H20N2O2/c1-16-12-4-2-3-5-13(12)17-7-6-15-9-11(8-14)10-15/h2-5,11H,6-10,14H2,1H3. The predicted octanol–water partition coefficient (Wildman–Crippen LogP) is 0.964. The summed E-state index contributed by atoms with van der Waals surface area (Å²) in [5.74, 6) is 2.28. The van der Waals surface area contributed by atoms with E-state index in [4.69, 9.17) is 15.2 Å². The molecule has 0 bridgehead atoms. The fourth-order valence-corrected chi connectivity index (χ4v) is 2.03. The maximum absolute atomic E-state index is 5.71. The molecule has 0 atom stereocenters. The second-order valence-corrected chi connectivity index (χ2v) is 4.36. The normalized spacial score (nSPS) is 16.6. The van der Waals surface area contributed by atoms with Crippen LogP contribution < -0.4 is 15.2 Å². The lowest BCUT2D eigenvalue weighted by Gasteiger charge is -2.38. The number of likely N-dealkylation sites (tertiary alicyclic amines) is 1. The van der Waals surface area contributed by atoms with Crippen molar-refractivity contribution in [1.29, 1.82) is 0 Å². The maximum atomic E-state index is 5.71. The molecule has 1 aromatic rings. The quantitative estimate of drug-likeness (QED) is 0.799. The smallest absolute Gasteiger partial charge is 0.161 e. The Balaban J connectivity index is 1.71. The van der Waals surface area contributed by atoms with Crippen LogP contribution in [0.5, 0.6) is 11.5 Å². The molecule has 17 heavy (non-hydrogen) atoms. The minimum absolute atomic E-state index is 0.682. The zero-order valence-electron chi connectivity index (χ0n) is 10.3. The highest BCUT2D eigenvalue weighted by Crippen LogP contribution is 2.25. The Morgan fingerprint density at radius 2 is 2.00 bits per heavy atom. The van der Waals surface area contributed by atoms with Crippen LogP contribution in [0.15, 0.2) is 24.3 Å². The molecule has 4 heteroatoms. The van der Waals surface area contributed by atoms with E-state index in [1.165, 1.54) is 0 Å². The Morgan fingerprint density at radius 1 is 1.29 bits per heavy atom. The van der Waals surface area contributed by atoms with Crippen LogP contribution in [0.3, 0.4) is 0 Å². The van der Waals surface area contributed by atoms with Gasteiger partial charge in [-0.3, -0.25) is 4.90 Å². The zero-order chi connectivity index (χ0) is 12.1. The summed E-state index contributed by atoms with van der Waals surface area (Å²) in [6.45, 7) is 4.65. The third-order valence-corrected chi connectivity index (χ3v) is 3.10. The highest BCUT2D eigenvalue weighted by atomic mass is 16.5. The largest absolute Gasteiger partial charge is 0.493 e. The molecule has 1 heterocycles. The number of rotatable bonds is 6. The van der Waals surface area contributed by atoms with Gasteiger partial charge in [0.05, 0.1) is 7.11 Å². The molecule has 2 N–H and O–H groups in total. The van der Waals surface area contributed by atoms with Crippen molar-refractivity contribution < 1.29 is 9.47 Å². The summed E-state index contributed by atoms with van der Waals surface area (Å²) >= 11 is 0. The van der Waals surface area contributed by atoms with Gasteiger partial charge in [0.15, 0.2) is 11.5 Å². The van der Waals surface area contributed by atoms with E-state index in [-0.39, 0.29) is 0 Å². The van der Waals surface area contributed by atoms with Crippen LogP contribution in [0.4, 0.5) is 0 Å². The number of hydrogen-bond donors (Lipinski definition) is 1. The summed E-state index contributed by atoms with van der Waals surface area (Å²) in [6, 6.07) is 7.72. The lowest BCUT2D eigenvalue weighted by atomic mass is 10.0. The van der Waals surface area contributed by atoms with Gasteiger partial charge in [-0.25, -0.2) is 0 Å². The van der Waals surface area contributed by atoms with E-state index < -0.39 is 0 Å². The van der Waals surface area contributed by atoms with Crippen LogP contribution in [0, 0.1) is 5.92 Å². The van der Waals surface area contributed by atoms with Crippen LogP contribution in [0.25, 0.3) is 0 Å². The Morgan fingerprint density at radius 3 is 2.65 bits per heavy atom. The van der Waals surface area contributed by atoms with Gasteiger partial charge in [-0.05, 0) is 24.6 Å². The molecule has 0 saturated carbocycles. The summed E-state index contributed by atoms with van der Waals surface area (Å²) in [5, 5.41) is 0. The predicted molar refractivity (Wildman–Crippen MR) is 67.5 cm³/mol. The number of hydrogen-bond acceptors (Lipinski definition) is 4. The maximum Gasteiger partial charge on any atom is 0.161 e. The van der Waals surface area contributed by atoms with Gasteiger partial charge in [0.2, 0.25) is 0 Å². The van der Waals surface area contributed by atoms with Crippen molar-refractivity contribution in [2.75, 3.05) is 39.9 Å². The molecule has 1 aliphatic heterocycles. The van der Waals surface area contributed by atoms with Gasteiger partial charge < -0.3 is 15.2 Å². The Bertz CT molecular complexity index is 351. The number of nitrogens with zero attached hydrogens (tertiary/aromatic N) is 1. The first-order chi connectivity index (χ1) is 8.33. The van der Waals surface area contributed by atoms with Crippen LogP contribution >= 0.6 is 0 Å². The molecule has 0 aliphatic carbocycles. The van der Waals surface area contributed by atoms with Gasteiger partial charge in [0, 0.05) is 19.6 Å². The van der Waals surface area contributed by atoms with Crippen molar-refractivity contribution in [1.82, 2.24) is 4.90 Å². The minimum atomic E-state index is 0.682. The lowest BCUT2D eigenvalue weighted by molar-refractivity contribution is 0.0869. The second-order valence-electron chi connectivity index (χ2n) is 4.36. The summed E-state index contributed by atoms with van der Waals surface area (Å²) in [6.07, 6.45) is 0. The highest BCUT2D eigenvalue weighted by Gasteiger charge is 2.24. The van der Waals surface area contributed by atoms with Gasteiger partial charge in [0.25, 0.3) is 0 Å². The molecule has 0 amide bonds. The third-order valence-electron chi connectivity index (χ3n) is 3.10. The Kier molecular flexibility index (Phi) is 4.23. The topological polar surface area (TPSA) is 47.7 Å². The minimum Gasteiger partial charge on any atom is -0.493 e. The molecule has 1 fully saturated rings. The third kappa shape index (κ3) is 3.11. The van der Waals surface area contributed by atoms with Crippen molar-refractivity contribution in [3.8, 4) is 11.5 Å². The number of benzene rings is 1. The molecule has 0 radical (unpaired) electrons. The molecular weight excluding hydrogens is 216 g/mol. The van der Waals surface area contributed by atoms with E-state index in [2.05, 4.69) is 4.90 Å². The summed E-state index contributed by atoms with van der Waals surface area (Å²) in [7, 11) is 1.66. The Labute approximate surface area is 102 Å². The van der Waals surface area contributed by atoms with E-state index in [0.717, 1.165) is 37.7 Å². The SMILES string of the molecule is COc1ccccc1OCCN1CC(CN)C1. The van der Waals surface area contributed by atoms with E-state index in [0.29, 0.717) is 12.5 Å². The molecular formula is C13H20N2O2. The molecule has 0 unspecified atom stereocenters. The van der Waals surface area contributed by atoms with Gasteiger partial charge in [-0.2, -0.15) is 0 Å². The first-order valence-corrected chi connectivity index (χ1v) is 6.01. The number of para-hydroxylation sites is 2. The molecule has 0 aromatic heterocycles. The average molecular weight is 236 g/mol. The van der Waals surface area contributed by atoms with Crippen LogP contribution in [0.1, 0.15) is 0 Å². The fraction of sp³-hybridized carbons (Fsp3) is 0.538. The summed E-state index contributed by atoms with van der Waals surface area (Å²) in [5.41, 5.74) is 5.58. The zero-order valence-corrected chi connectivity index (χ0v) is 10.3. The monoisotopic (exact) mass is 236 g/mol. The fourth-order valence-electron chi connectivity index (χ4n) is 2.03. The highest BCUT2D eigenvalue weighted by molar-refractivity contribution is 5.39. The van der Waals surface area contributed by atoms with Crippen molar-refractivity contribution in [2.24, 2.45) is 11.7 Å². The van der Waals surface area contributed by atoms with Crippen LogP contribution in [-0.4, -0.2) is 44.8 Å². The molecule has 94 valence electrons. The molecule has 1 aromatic carbocycles. The molecule has 1 aliphatic rings. The molecule has 1 saturated heterocycles. The van der Waals surface area contributed by atoms with Crippen molar-refractivity contribution in [3.05, 3.63) is 24.3 Å². The van der Waals surface area contributed by atoms with Crippen LogP contribution in [-0.2, 0) is 0 Å². The van der Waals surface area contributed by atoms with Crippen molar-refractivity contribution in [3.63, 3.8) is 0 Å². The number of ether oxygens (including phenoxy) is 2. The summed E-state index contributed by atoms with van der Waals surface area (Å²) in [4.78, 5) is 2.35. The van der Waals surface area contributed by atoms with Crippen molar-refractivity contribution in [2.45, 2.75) is 0 Å².